The second kappa shape index (κ2) is 7.28. The van der Waals surface area contributed by atoms with E-state index >= 15 is 0 Å². The minimum Gasteiger partial charge on any atom is -0.314 e. The molecule has 2 saturated carbocycles. The molecule has 0 amide bonds. The minimum absolute atomic E-state index is 0.764. The van der Waals surface area contributed by atoms with Gasteiger partial charge in [0.05, 0.1) is 0 Å². The van der Waals surface area contributed by atoms with Crippen molar-refractivity contribution in [2.75, 3.05) is 6.54 Å². The van der Waals surface area contributed by atoms with Crippen molar-refractivity contribution in [3.63, 3.8) is 0 Å². The summed E-state index contributed by atoms with van der Waals surface area (Å²) in [6.07, 6.45) is 9.89. The van der Waals surface area contributed by atoms with Crippen molar-refractivity contribution in [1.29, 1.82) is 0 Å². The molecule has 2 aliphatic carbocycles. The number of hydrogen-bond donors (Lipinski definition) is 1. The summed E-state index contributed by atoms with van der Waals surface area (Å²) in [5, 5.41) is 3.78. The van der Waals surface area contributed by atoms with Crippen molar-refractivity contribution < 1.29 is 0 Å². The van der Waals surface area contributed by atoms with Gasteiger partial charge in [0.2, 0.25) is 0 Å². The zero-order valence-electron chi connectivity index (χ0n) is 13.2. The van der Waals surface area contributed by atoms with E-state index in [9.17, 15) is 0 Å². The van der Waals surface area contributed by atoms with Gasteiger partial charge in [0.15, 0.2) is 0 Å². The van der Waals surface area contributed by atoms with E-state index in [0.717, 1.165) is 23.8 Å². The van der Waals surface area contributed by atoms with Crippen LogP contribution in [0.25, 0.3) is 0 Å². The summed E-state index contributed by atoms with van der Waals surface area (Å²) in [7, 11) is 0. The average molecular weight is 350 g/mol. The molecule has 1 N–H and O–H groups in total. The van der Waals surface area contributed by atoms with Crippen LogP contribution in [0.5, 0.6) is 0 Å². The largest absolute Gasteiger partial charge is 0.314 e. The number of hydrogen-bond acceptors (Lipinski definition) is 1. The lowest BCUT2D eigenvalue weighted by atomic mass is 9.75. The Balaban J connectivity index is 1.33. The Kier molecular flexibility index (Phi) is 5.39. The monoisotopic (exact) mass is 349 g/mol. The predicted molar refractivity (Wildman–Crippen MR) is 93.6 cm³/mol. The molecule has 116 valence electrons. The van der Waals surface area contributed by atoms with Gasteiger partial charge in [-0.2, -0.15) is 0 Å². The van der Waals surface area contributed by atoms with E-state index in [-0.39, 0.29) is 0 Å². The van der Waals surface area contributed by atoms with Gasteiger partial charge < -0.3 is 5.32 Å². The van der Waals surface area contributed by atoms with Crippen LogP contribution in [0, 0.1) is 11.8 Å². The fraction of sp³-hybridized carbons (Fsp3) is 0.684. The number of nitrogens with one attached hydrogen (secondary N) is 1. The van der Waals surface area contributed by atoms with Gasteiger partial charge in [-0.15, -0.1) is 0 Å². The van der Waals surface area contributed by atoms with Crippen LogP contribution in [-0.4, -0.2) is 12.6 Å². The summed E-state index contributed by atoms with van der Waals surface area (Å²) < 4.78 is 1.18. The van der Waals surface area contributed by atoms with Gasteiger partial charge >= 0.3 is 0 Å². The molecule has 1 nitrogen and oxygen atoms in total. The Labute approximate surface area is 138 Å². The molecule has 3 rings (SSSR count). The smallest absolute Gasteiger partial charge is 0.0175 e. The van der Waals surface area contributed by atoms with Crippen molar-refractivity contribution in [2.45, 2.75) is 63.8 Å². The summed E-state index contributed by atoms with van der Waals surface area (Å²) in [6.45, 7) is 3.66. The quantitative estimate of drug-likeness (QED) is 0.739. The van der Waals surface area contributed by atoms with Crippen molar-refractivity contribution in [3.8, 4) is 0 Å². The highest BCUT2D eigenvalue weighted by atomic mass is 79.9. The highest BCUT2D eigenvalue weighted by Crippen LogP contribution is 2.37. The van der Waals surface area contributed by atoms with E-state index in [4.69, 9.17) is 0 Å². The molecule has 0 bridgehead atoms. The van der Waals surface area contributed by atoms with E-state index < -0.39 is 0 Å². The van der Waals surface area contributed by atoms with Gasteiger partial charge in [0.25, 0.3) is 0 Å². The molecule has 0 saturated heterocycles. The van der Waals surface area contributed by atoms with Crippen molar-refractivity contribution >= 4 is 15.9 Å². The predicted octanol–water partition coefficient (Wildman–Crippen LogP) is 5.50. The van der Waals surface area contributed by atoms with Gasteiger partial charge in [0.1, 0.15) is 0 Å². The minimum atomic E-state index is 0.764. The summed E-state index contributed by atoms with van der Waals surface area (Å²) in [5.41, 5.74) is 1.51. The lowest BCUT2D eigenvalue weighted by Crippen LogP contribution is -2.41. The van der Waals surface area contributed by atoms with Crippen LogP contribution in [0.15, 0.2) is 28.7 Å². The zero-order valence-corrected chi connectivity index (χ0v) is 14.7. The van der Waals surface area contributed by atoms with Crippen molar-refractivity contribution in [1.82, 2.24) is 5.32 Å². The van der Waals surface area contributed by atoms with E-state index in [0.29, 0.717) is 0 Å². The standard InChI is InChI=1S/C19H28BrN/c1-14-3-2-4-15(11-14)9-10-21-19-12-17(13-19)16-5-7-18(20)8-6-16/h5-8,14-15,17,19,21H,2-4,9-13H2,1H3. The molecule has 21 heavy (non-hydrogen) atoms. The third-order valence-corrected chi connectivity index (χ3v) is 6.04. The third-order valence-electron chi connectivity index (χ3n) is 5.51. The Hall–Kier alpha value is -0.340. The van der Waals surface area contributed by atoms with Gasteiger partial charge in [-0.3, -0.25) is 0 Å². The Morgan fingerprint density at radius 1 is 1.10 bits per heavy atom. The fourth-order valence-corrected chi connectivity index (χ4v) is 4.37. The van der Waals surface area contributed by atoms with Crippen LogP contribution in [0.2, 0.25) is 0 Å². The molecule has 1 aromatic carbocycles. The van der Waals surface area contributed by atoms with E-state index in [1.165, 1.54) is 61.5 Å². The van der Waals surface area contributed by atoms with Crippen molar-refractivity contribution in [3.05, 3.63) is 34.3 Å². The summed E-state index contributed by atoms with van der Waals surface area (Å²) in [6, 6.07) is 9.64. The maximum absolute atomic E-state index is 3.78. The fourth-order valence-electron chi connectivity index (χ4n) is 4.11. The molecule has 1 aromatic rings. The molecule has 2 fully saturated rings. The Morgan fingerprint density at radius 3 is 2.57 bits per heavy atom. The molecule has 0 spiro atoms. The molecule has 2 heteroatoms. The number of benzene rings is 1. The normalized spacial score (nSPS) is 32.7. The van der Waals surface area contributed by atoms with Crippen LogP contribution < -0.4 is 5.32 Å². The highest BCUT2D eigenvalue weighted by molar-refractivity contribution is 9.10. The second-order valence-corrected chi connectivity index (χ2v) is 8.21. The topological polar surface area (TPSA) is 12.0 Å². The van der Waals surface area contributed by atoms with Gasteiger partial charge in [-0.25, -0.2) is 0 Å². The maximum atomic E-state index is 3.78. The molecular formula is C19H28BrN. The lowest BCUT2D eigenvalue weighted by molar-refractivity contribution is 0.246. The SMILES string of the molecule is CC1CCCC(CCNC2CC(c3ccc(Br)cc3)C2)C1. The molecule has 0 aliphatic heterocycles. The first kappa shape index (κ1) is 15.6. The van der Waals surface area contributed by atoms with Crippen LogP contribution in [0.1, 0.15) is 63.4 Å². The average Bonchev–Trinajstić information content (AvgIpc) is 2.43. The first-order chi connectivity index (χ1) is 10.2. The van der Waals surface area contributed by atoms with Crippen LogP contribution >= 0.6 is 15.9 Å². The Morgan fingerprint density at radius 2 is 1.86 bits per heavy atom. The van der Waals surface area contributed by atoms with E-state index in [1.807, 2.05) is 0 Å². The van der Waals surface area contributed by atoms with Gasteiger partial charge in [0, 0.05) is 10.5 Å². The van der Waals surface area contributed by atoms with Crippen LogP contribution in [0.4, 0.5) is 0 Å². The molecule has 0 radical (unpaired) electrons. The number of halogens is 1. The van der Waals surface area contributed by atoms with Gasteiger partial charge in [-0.05, 0) is 67.7 Å². The number of rotatable bonds is 5. The molecule has 2 aliphatic rings. The molecule has 2 atom stereocenters. The molecule has 0 aromatic heterocycles. The summed E-state index contributed by atoms with van der Waals surface area (Å²) in [4.78, 5) is 0. The van der Waals surface area contributed by atoms with Crippen LogP contribution in [-0.2, 0) is 0 Å². The lowest BCUT2D eigenvalue weighted by Gasteiger charge is -2.37. The molecular weight excluding hydrogens is 322 g/mol. The van der Waals surface area contributed by atoms with E-state index in [1.54, 1.807) is 0 Å². The summed E-state index contributed by atoms with van der Waals surface area (Å²) in [5.74, 6) is 2.74. The first-order valence-electron chi connectivity index (χ1n) is 8.69. The Bertz CT molecular complexity index is 435. The van der Waals surface area contributed by atoms with Gasteiger partial charge in [-0.1, -0.05) is 54.2 Å². The summed E-state index contributed by atoms with van der Waals surface area (Å²) >= 11 is 3.51. The zero-order chi connectivity index (χ0) is 14.7. The second-order valence-electron chi connectivity index (χ2n) is 7.30. The molecule has 0 heterocycles. The van der Waals surface area contributed by atoms with E-state index in [2.05, 4.69) is 52.4 Å². The van der Waals surface area contributed by atoms with Crippen molar-refractivity contribution in [2.24, 2.45) is 11.8 Å². The molecule has 2 unspecified atom stereocenters. The first-order valence-corrected chi connectivity index (χ1v) is 9.49. The maximum Gasteiger partial charge on any atom is 0.0175 e. The van der Waals surface area contributed by atoms with Crippen LogP contribution in [0.3, 0.4) is 0 Å². The highest BCUT2D eigenvalue weighted by Gasteiger charge is 2.29. The third kappa shape index (κ3) is 4.32.